The molecule has 1 atom stereocenters. The Hall–Kier alpha value is -2.69. The molecular weight excluding hydrogens is 438 g/mol. The van der Waals surface area contributed by atoms with Gasteiger partial charge in [0.15, 0.2) is 5.13 Å². The standard InChI is InChI=1S/C21H23N3O5S2/c1-3-29-15-8-11-17-19(13-15)30-21(22-17)23-20(25)18-5-4-12-24(18)31(26,27)16-9-6-14(28-2)7-10-16/h6-11,13,18H,3-5,12H2,1-2H3,(H,22,23,25). The van der Waals surface area contributed by atoms with E-state index in [9.17, 15) is 13.2 Å². The van der Waals surface area contributed by atoms with Crippen LogP contribution < -0.4 is 14.8 Å². The molecule has 8 nitrogen and oxygen atoms in total. The van der Waals surface area contributed by atoms with Gasteiger partial charge < -0.3 is 14.8 Å². The van der Waals surface area contributed by atoms with Crippen molar-refractivity contribution in [2.45, 2.75) is 30.7 Å². The van der Waals surface area contributed by atoms with Gasteiger partial charge in [0, 0.05) is 6.54 Å². The maximum Gasteiger partial charge on any atom is 0.244 e. The largest absolute Gasteiger partial charge is 0.497 e. The first-order valence-electron chi connectivity index (χ1n) is 9.92. The number of carbonyl (C=O) groups is 1. The number of amides is 1. The maximum atomic E-state index is 13.1. The summed E-state index contributed by atoms with van der Waals surface area (Å²) in [4.78, 5) is 17.5. The van der Waals surface area contributed by atoms with Gasteiger partial charge >= 0.3 is 0 Å². The molecule has 1 unspecified atom stereocenters. The third kappa shape index (κ3) is 4.36. The topological polar surface area (TPSA) is 97.8 Å². The number of nitrogens with zero attached hydrogens (tertiary/aromatic N) is 2. The molecule has 1 N–H and O–H groups in total. The van der Waals surface area contributed by atoms with Crippen LogP contribution in [0.1, 0.15) is 19.8 Å². The molecule has 31 heavy (non-hydrogen) atoms. The predicted molar refractivity (Wildman–Crippen MR) is 119 cm³/mol. The van der Waals surface area contributed by atoms with Crippen LogP contribution in [0.4, 0.5) is 5.13 Å². The van der Waals surface area contributed by atoms with Crippen molar-refractivity contribution in [2.24, 2.45) is 0 Å². The van der Waals surface area contributed by atoms with Crippen molar-refractivity contribution in [3.05, 3.63) is 42.5 Å². The van der Waals surface area contributed by atoms with Gasteiger partial charge in [0.25, 0.3) is 0 Å². The number of benzene rings is 2. The van der Waals surface area contributed by atoms with Gasteiger partial charge in [-0.15, -0.1) is 0 Å². The predicted octanol–water partition coefficient (Wildman–Crippen LogP) is 3.50. The smallest absolute Gasteiger partial charge is 0.244 e. The molecule has 1 aromatic heterocycles. The van der Waals surface area contributed by atoms with Gasteiger partial charge in [0.05, 0.1) is 28.8 Å². The van der Waals surface area contributed by atoms with E-state index in [1.165, 1.54) is 34.9 Å². The zero-order valence-corrected chi connectivity index (χ0v) is 18.8. The van der Waals surface area contributed by atoms with E-state index >= 15 is 0 Å². The Morgan fingerprint density at radius 2 is 1.97 bits per heavy atom. The second-order valence-electron chi connectivity index (χ2n) is 7.02. The highest BCUT2D eigenvalue weighted by atomic mass is 32.2. The van der Waals surface area contributed by atoms with Gasteiger partial charge in [-0.3, -0.25) is 4.79 Å². The first-order valence-corrected chi connectivity index (χ1v) is 12.2. The Morgan fingerprint density at radius 3 is 2.68 bits per heavy atom. The summed E-state index contributed by atoms with van der Waals surface area (Å²) in [5.74, 6) is 0.931. The van der Waals surface area contributed by atoms with E-state index in [1.54, 1.807) is 12.1 Å². The minimum atomic E-state index is -3.80. The van der Waals surface area contributed by atoms with E-state index in [0.29, 0.717) is 36.9 Å². The Balaban J connectivity index is 1.53. The van der Waals surface area contributed by atoms with E-state index in [2.05, 4.69) is 10.3 Å². The number of aromatic nitrogens is 1. The summed E-state index contributed by atoms with van der Waals surface area (Å²) in [6.45, 7) is 2.77. The minimum Gasteiger partial charge on any atom is -0.497 e. The zero-order chi connectivity index (χ0) is 22.0. The van der Waals surface area contributed by atoms with Crippen LogP contribution in [0.25, 0.3) is 10.2 Å². The summed E-state index contributed by atoms with van der Waals surface area (Å²) < 4.78 is 39.0. The molecule has 4 rings (SSSR count). The number of carbonyl (C=O) groups excluding carboxylic acids is 1. The van der Waals surface area contributed by atoms with Crippen LogP contribution in [0, 0.1) is 0 Å². The van der Waals surface area contributed by atoms with Gasteiger partial charge in [-0.05, 0) is 62.2 Å². The number of fused-ring (bicyclic) bond motifs is 1. The van der Waals surface area contributed by atoms with Gasteiger partial charge in [0.1, 0.15) is 17.5 Å². The van der Waals surface area contributed by atoms with Crippen molar-refractivity contribution in [3.8, 4) is 11.5 Å². The molecule has 0 saturated carbocycles. The average molecular weight is 462 g/mol. The quantitative estimate of drug-likeness (QED) is 0.578. The highest BCUT2D eigenvalue weighted by molar-refractivity contribution is 7.89. The molecule has 2 heterocycles. The van der Waals surface area contributed by atoms with Gasteiger partial charge in [-0.1, -0.05) is 11.3 Å². The van der Waals surface area contributed by atoms with E-state index in [-0.39, 0.29) is 10.8 Å². The van der Waals surface area contributed by atoms with Crippen LogP contribution in [0.3, 0.4) is 0 Å². The molecule has 164 valence electrons. The molecule has 1 aliphatic rings. The van der Waals surface area contributed by atoms with Gasteiger partial charge in [-0.2, -0.15) is 4.31 Å². The van der Waals surface area contributed by atoms with Crippen LogP contribution >= 0.6 is 11.3 Å². The fraction of sp³-hybridized carbons (Fsp3) is 0.333. The number of rotatable bonds is 7. The van der Waals surface area contributed by atoms with Crippen molar-refractivity contribution < 1.29 is 22.7 Å². The maximum absolute atomic E-state index is 13.1. The first kappa shape index (κ1) is 21.5. The Morgan fingerprint density at radius 1 is 1.23 bits per heavy atom. The molecule has 1 amide bonds. The number of thiazole rings is 1. The van der Waals surface area contributed by atoms with E-state index in [4.69, 9.17) is 9.47 Å². The summed E-state index contributed by atoms with van der Waals surface area (Å²) in [6.07, 6.45) is 1.08. The normalized spacial score (nSPS) is 17.0. The number of nitrogens with one attached hydrogen (secondary N) is 1. The van der Waals surface area contributed by atoms with Crippen molar-refractivity contribution >= 4 is 42.6 Å². The van der Waals surface area contributed by atoms with Crippen LogP contribution in [0.5, 0.6) is 11.5 Å². The Kier molecular flexibility index (Phi) is 6.12. The molecule has 0 bridgehead atoms. The van der Waals surface area contributed by atoms with Gasteiger partial charge in [-0.25, -0.2) is 13.4 Å². The second-order valence-corrected chi connectivity index (χ2v) is 9.94. The van der Waals surface area contributed by atoms with Gasteiger partial charge in [0.2, 0.25) is 15.9 Å². The van der Waals surface area contributed by atoms with E-state index in [0.717, 1.165) is 16.0 Å². The summed E-state index contributed by atoms with van der Waals surface area (Å²) >= 11 is 1.33. The lowest BCUT2D eigenvalue weighted by Gasteiger charge is -2.23. The minimum absolute atomic E-state index is 0.136. The average Bonchev–Trinajstić information content (AvgIpc) is 3.41. The molecular formula is C21H23N3O5S2. The Bertz CT molecular complexity index is 1190. The van der Waals surface area contributed by atoms with E-state index in [1.807, 2.05) is 25.1 Å². The molecule has 1 aliphatic heterocycles. The van der Waals surface area contributed by atoms with Crippen molar-refractivity contribution in [1.82, 2.24) is 9.29 Å². The number of hydrogen-bond acceptors (Lipinski definition) is 7. The fourth-order valence-corrected chi connectivity index (χ4v) is 6.13. The molecule has 2 aromatic carbocycles. The molecule has 3 aromatic rings. The monoisotopic (exact) mass is 461 g/mol. The molecule has 1 saturated heterocycles. The molecule has 0 aliphatic carbocycles. The first-order chi connectivity index (χ1) is 14.9. The third-order valence-electron chi connectivity index (χ3n) is 5.07. The summed E-state index contributed by atoms with van der Waals surface area (Å²) in [6, 6.07) is 10.9. The number of hydrogen-bond donors (Lipinski definition) is 1. The van der Waals surface area contributed by atoms with Crippen molar-refractivity contribution in [2.75, 3.05) is 25.6 Å². The van der Waals surface area contributed by atoms with Crippen molar-refractivity contribution in [1.29, 1.82) is 0 Å². The summed E-state index contributed by atoms with van der Waals surface area (Å²) in [5.41, 5.74) is 0.748. The molecule has 0 spiro atoms. The Labute approximate surface area is 184 Å². The number of methoxy groups -OCH3 is 1. The number of anilines is 1. The number of sulfonamides is 1. The van der Waals surface area contributed by atoms with Crippen molar-refractivity contribution in [3.63, 3.8) is 0 Å². The zero-order valence-electron chi connectivity index (χ0n) is 17.2. The SMILES string of the molecule is CCOc1ccc2nc(NC(=O)C3CCCN3S(=O)(=O)c3ccc(OC)cc3)sc2c1. The van der Waals surface area contributed by atoms with Crippen LogP contribution in [0.15, 0.2) is 47.4 Å². The van der Waals surface area contributed by atoms with E-state index < -0.39 is 16.1 Å². The van der Waals surface area contributed by atoms with Crippen LogP contribution in [0.2, 0.25) is 0 Å². The lowest BCUT2D eigenvalue weighted by atomic mass is 10.2. The highest BCUT2D eigenvalue weighted by Crippen LogP contribution is 2.31. The second kappa shape index (κ2) is 8.81. The lowest BCUT2D eigenvalue weighted by Crippen LogP contribution is -2.43. The van der Waals surface area contributed by atoms with Crippen LogP contribution in [-0.4, -0.2) is 49.9 Å². The number of ether oxygens (including phenoxy) is 2. The summed E-state index contributed by atoms with van der Waals surface area (Å²) in [5, 5.41) is 3.23. The molecule has 0 radical (unpaired) electrons. The summed E-state index contributed by atoms with van der Waals surface area (Å²) in [7, 11) is -2.29. The molecule has 10 heteroatoms. The van der Waals surface area contributed by atoms with Crippen LogP contribution in [-0.2, 0) is 14.8 Å². The third-order valence-corrected chi connectivity index (χ3v) is 7.93. The molecule has 1 fully saturated rings. The lowest BCUT2D eigenvalue weighted by molar-refractivity contribution is -0.119. The highest BCUT2D eigenvalue weighted by Gasteiger charge is 2.39. The fourth-order valence-electron chi connectivity index (χ4n) is 3.58.